The van der Waals surface area contributed by atoms with Crippen LogP contribution in [0.4, 0.5) is 0 Å². The lowest BCUT2D eigenvalue weighted by atomic mass is 10.1. The molecule has 0 nitrogen and oxygen atoms in total. The van der Waals surface area contributed by atoms with Crippen LogP contribution in [0, 0.1) is 23.8 Å². The Bertz CT molecular complexity index is 508. The van der Waals surface area contributed by atoms with Gasteiger partial charge in [-0.05, 0) is 44.0 Å². The summed E-state index contributed by atoms with van der Waals surface area (Å²) in [7, 11) is -1.34. The summed E-state index contributed by atoms with van der Waals surface area (Å²) in [6, 6.07) is 3.88. The van der Waals surface area contributed by atoms with Gasteiger partial charge in [-0.15, -0.1) is 12.0 Å². The first-order valence-corrected chi connectivity index (χ1v) is 9.91. The Morgan fingerprint density at radius 2 is 1.56 bits per heavy atom. The summed E-state index contributed by atoms with van der Waals surface area (Å²) in [5, 5.41) is 0. The highest BCUT2D eigenvalue weighted by Crippen LogP contribution is 2.25. The van der Waals surface area contributed by atoms with Crippen LogP contribution in [-0.4, -0.2) is 8.07 Å². The zero-order chi connectivity index (χ0) is 12.3. The Morgan fingerprint density at radius 1 is 1.06 bits per heavy atom. The molecule has 0 aromatic heterocycles. The van der Waals surface area contributed by atoms with E-state index in [1.807, 2.05) is 12.1 Å². The maximum atomic E-state index is 5.38. The molecule has 82 valence electrons. The van der Waals surface area contributed by atoms with Crippen molar-refractivity contribution >= 4 is 39.9 Å². The maximum Gasteiger partial charge on any atom is 0.129 e. The molecule has 16 heavy (non-hydrogen) atoms. The number of halogens is 2. The van der Waals surface area contributed by atoms with Crippen LogP contribution in [0.2, 0.25) is 19.6 Å². The van der Waals surface area contributed by atoms with Crippen LogP contribution in [0.5, 0.6) is 0 Å². The summed E-state index contributed by atoms with van der Waals surface area (Å²) < 4.78 is 1.87. The first kappa shape index (κ1) is 13.6. The molecule has 3 heteroatoms. The first-order chi connectivity index (χ1) is 7.33. The number of hydrogen-bond acceptors (Lipinski definition) is 0. The van der Waals surface area contributed by atoms with Crippen LogP contribution in [-0.2, 0) is 0 Å². The molecule has 0 saturated carbocycles. The standard InChI is InChI=1S/C13H12Br2Si/c1-5-10-8-13(15)11(9-12(10)14)6-7-16(2,3)4/h1,8-9H,2-4H3. The van der Waals surface area contributed by atoms with E-state index in [1.54, 1.807) is 0 Å². The molecule has 0 fully saturated rings. The van der Waals surface area contributed by atoms with Crippen molar-refractivity contribution in [3.8, 4) is 23.8 Å². The summed E-state index contributed by atoms with van der Waals surface area (Å²) in [5.74, 6) is 5.83. The van der Waals surface area contributed by atoms with Crippen LogP contribution in [0.3, 0.4) is 0 Å². The summed E-state index contributed by atoms with van der Waals surface area (Å²) >= 11 is 6.93. The quantitative estimate of drug-likeness (QED) is 0.477. The third-order valence-electron chi connectivity index (χ3n) is 1.78. The summed E-state index contributed by atoms with van der Waals surface area (Å²) in [6.45, 7) is 6.66. The average molecular weight is 356 g/mol. The summed E-state index contributed by atoms with van der Waals surface area (Å²) in [4.78, 5) is 0. The van der Waals surface area contributed by atoms with Gasteiger partial charge in [-0.25, -0.2) is 0 Å². The number of hydrogen-bond donors (Lipinski definition) is 0. The molecule has 0 aliphatic carbocycles. The lowest BCUT2D eigenvalue weighted by Crippen LogP contribution is -2.16. The highest BCUT2D eigenvalue weighted by molar-refractivity contribution is 9.11. The largest absolute Gasteiger partial charge is 0.129 e. The molecule has 0 aliphatic rings. The SMILES string of the molecule is C#Cc1cc(Br)c(C#C[Si](C)(C)C)cc1Br. The predicted octanol–water partition coefficient (Wildman–Crippen LogP) is 4.42. The maximum absolute atomic E-state index is 5.38. The molecule has 0 radical (unpaired) electrons. The monoisotopic (exact) mass is 354 g/mol. The molecule has 0 atom stereocenters. The summed E-state index contributed by atoms with van der Waals surface area (Å²) in [6.07, 6.45) is 5.38. The van der Waals surface area contributed by atoms with Gasteiger partial charge in [0.05, 0.1) is 0 Å². The van der Waals surface area contributed by atoms with Crippen molar-refractivity contribution in [1.29, 1.82) is 0 Å². The van der Waals surface area contributed by atoms with Crippen molar-refractivity contribution in [2.24, 2.45) is 0 Å². The fourth-order valence-electron chi connectivity index (χ4n) is 1.01. The molecule has 0 N–H and O–H groups in total. The Labute approximate surface area is 115 Å². The normalized spacial score (nSPS) is 10.2. The third kappa shape index (κ3) is 3.83. The molecule has 1 aromatic rings. The highest BCUT2D eigenvalue weighted by Gasteiger charge is 2.08. The molecule has 0 unspecified atom stereocenters. The van der Waals surface area contributed by atoms with E-state index in [1.165, 1.54) is 0 Å². The van der Waals surface area contributed by atoms with Gasteiger partial charge in [0, 0.05) is 20.1 Å². The second kappa shape index (κ2) is 5.23. The van der Waals surface area contributed by atoms with E-state index in [-0.39, 0.29) is 0 Å². The van der Waals surface area contributed by atoms with Crippen LogP contribution < -0.4 is 0 Å². The number of benzene rings is 1. The van der Waals surface area contributed by atoms with Gasteiger partial charge in [0.15, 0.2) is 0 Å². The van der Waals surface area contributed by atoms with E-state index in [0.29, 0.717) is 0 Å². The smallest absolute Gasteiger partial charge is 0.127 e. The van der Waals surface area contributed by atoms with E-state index in [0.717, 1.165) is 20.1 Å². The Balaban J connectivity index is 3.22. The fourth-order valence-corrected chi connectivity index (χ4v) is 2.42. The molecular formula is C13H12Br2Si. The predicted molar refractivity (Wildman–Crippen MR) is 80.0 cm³/mol. The topological polar surface area (TPSA) is 0 Å². The molecule has 0 aliphatic heterocycles. The zero-order valence-corrected chi connectivity index (χ0v) is 13.7. The Morgan fingerprint density at radius 3 is 2.06 bits per heavy atom. The molecule has 0 saturated heterocycles. The van der Waals surface area contributed by atoms with E-state index >= 15 is 0 Å². The van der Waals surface area contributed by atoms with E-state index in [4.69, 9.17) is 6.42 Å². The molecule has 1 aromatic carbocycles. The van der Waals surface area contributed by atoms with E-state index < -0.39 is 8.07 Å². The second-order valence-electron chi connectivity index (χ2n) is 4.46. The van der Waals surface area contributed by atoms with Crippen molar-refractivity contribution in [3.63, 3.8) is 0 Å². The van der Waals surface area contributed by atoms with Crippen molar-refractivity contribution < 1.29 is 0 Å². The Hall–Kier alpha value is -0.483. The first-order valence-electron chi connectivity index (χ1n) is 4.82. The van der Waals surface area contributed by atoms with Gasteiger partial charge in [0.25, 0.3) is 0 Å². The van der Waals surface area contributed by atoms with Gasteiger partial charge < -0.3 is 0 Å². The fraction of sp³-hybridized carbons (Fsp3) is 0.231. The van der Waals surface area contributed by atoms with Crippen LogP contribution >= 0.6 is 31.9 Å². The minimum atomic E-state index is -1.34. The van der Waals surface area contributed by atoms with Crippen LogP contribution in [0.25, 0.3) is 0 Å². The van der Waals surface area contributed by atoms with Gasteiger partial charge >= 0.3 is 0 Å². The van der Waals surface area contributed by atoms with Crippen molar-refractivity contribution in [1.82, 2.24) is 0 Å². The molecule has 0 spiro atoms. The number of rotatable bonds is 0. The van der Waals surface area contributed by atoms with Crippen molar-refractivity contribution in [2.75, 3.05) is 0 Å². The van der Waals surface area contributed by atoms with Gasteiger partial charge in [-0.2, -0.15) is 0 Å². The molecule has 0 amide bonds. The van der Waals surface area contributed by atoms with Crippen LogP contribution in [0.15, 0.2) is 21.1 Å². The molecular weight excluding hydrogens is 344 g/mol. The lowest BCUT2D eigenvalue weighted by molar-refractivity contribution is 1.51. The van der Waals surface area contributed by atoms with Gasteiger partial charge in [0.2, 0.25) is 0 Å². The minimum Gasteiger partial charge on any atom is -0.127 e. The third-order valence-corrected chi connectivity index (χ3v) is 3.97. The zero-order valence-electron chi connectivity index (χ0n) is 9.49. The van der Waals surface area contributed by atoms with Crippen molar-refractivity contribution in [2.45, 2.75) is 19.6 Å². The molecule has 0 bridgehead atoms. The van der Waals surface area contributed by atoms with Crippen molar-refractivity contribution in [3.05, 3.63) is 32.2 Å². The average Bonchev–Trinajstić information content (AvgIpc) is 2.17. The van der Waals surface area contributed by atoms with E-state index in [2.05, 4.69) is 68.9 Å². The highest BCUT2D eigenvalue weighted by atomic mass is 79.9. The van der Waals surface area contributed by atoms with Crippen LogP contribution in [0.1, 0.15) is 11.1 Å². The minimum absolute atomic E-state index is 0.838. The van der Waals surface area contributed by atoms with Gasteiger partial charge in [-0.1, -0.05) is 31.5 Å². The molecule has 1 rings (SSSR count). The Kier molecular flexibility index (Phi) is 4.44. The lowest BCUT2D eigenvalue weighted by Gasteiger charge is -2.05. The summed E-state index contributed by atoms with van der Waals surface area (Å²) in [5.41, 5.74) is 5.15. The van der Waals surface area contributed by atoms with Gasteiger partial charge in [-0.3, -0.25) is 0 Å². The number of terminal acetylenes is 1. The molecule has 0 heterocycles. The van der Waals surface area contributed by atoms with Gasteiger partial charge in [0.1, 0.15) is 8.07 Å². The van der Waals surface area contributed by atoms with E-state index in [9.17, 15) is 0 Å². The second-order valence-corrected chi connectivity index (χ2v) is 10.9.